The van der Waals surface area contributed by atoms with E-state index in [0.717, 1.165) is 10.2 Å². The number of nitrogens with zero attached hydrogens (tertiary/aromatic N) is 2. The fourth-order valence-electron chi connectivity index (χ4n) is 2.79. The molecule has 8 heteroatoms. The van der Waals surface area contributed by atoms with Gasteiger partial charge in [-0.2, -0.15) is 4.99 Å². The molecular formula is C19H19ClN2O4S. The van der Waals surface area contributed by atoms with Crippen molar-refractivity contribution in [3.8, 4) is 17.2 Å². The van der Waals surface area contributed by atoms with E-state index in [1.165, 1.54) is 32.7 Å². The molecule has 27 heavy (non-hydrogen) atoms. The first-order valence-electron chi connectivity index (χ1n) is 8.20. The van der Waals surface area contributed by atoms with E-state index in [-0.39, 0.29) is 0 Å². The van der Waals surface area contributed by atoms with Crippen LogP contribution in [0.5, 0.6) is 17.2 Å². The van der Waals surface area contributed by atoms with Gasteiger partial charge in [-0.1, -0.05) is 22.9 Å². The number of thiazole rings is 1. The summed E-state index contributed by atoms with van der Waals surface area (Å²) in [6.45, 7) is 2.69. The molecule has 0 aliphatic heterocycles. The summed E-state index contributed by atoms with van der Waals surface area (Å²) in [6, 6.07) is 8.81. The van der Waals surface area contributed by atoms with Crippen molar-refractivity contribution in [2.45, 2.75) is 13.5 Å². The monoisotopic (exact) mass is 406 g/mol. The summed E-state index contributed by atoms with van der Waals surface area (Å²) in [5.74, 6) is 0.842. The third-order valence-corrected chi connectivity index (χ3v) is 5.35. The van der Waals surface area contributed by atoms with Crippen molar-refractivity contribution in [3.05, 3.63) is 45.7 Å². The molecule has 0 saturated carbocycles. The Morgan fingerprint density at radius 1 is 1.11 bits per heavy atom. The fourth-order valence-corrected chi connectivity index (χ4v) is 4.16. The van der Waals surface area contributed by atoms with E-state index >= 15 is 0 Å². The molecule has 0 N–H and O–H groups in total. The van der Waals surface area contributed by atoms with Gasteiger partial charge in [0.1, 0.15) is 0 Å². The minimum Gasteiger partial charge on any atom is -0.493 e. The zero-order valence-electron chi connectivity index (χ0n) is 15.4. The van der Waals surface area contributed by atoms with Crippen molar-refractivity contribution in [1.29, 1.82) is 0 Å². The van der Waals surface area contributed by atoms with E-state index < -0.39 is 5.91 Å². The lowest BCUT2D eigenvalue weighted by molar-refractivity contribution is 0.0997. The number of hydrogen-bond donors (Lipinski definition) is 0. The minimum atomic E-state index is -0.394. The van der Waals surface area contributed by atoms with Crippen molar-refractivity contribution < 1.29 is 19.0 Å². The zero-order chi connectivity index (χ0) is 19.6. The van der Waals surface area contributed by atoms with E-state index in [9.17, 15) is 4.79 Å². The topological polar surface area (TPSA) is 62.1 Å². The highest BCUT2D eigenvalue weighted by atomic mass is 35.5. The largest absolute Gasteiger partial charge is 0.493 e. The van der Waals surface area contributed by atoms with Gasteiger partial charge in [-0.05, 0) is 37.3 Å². The van der Waals surface area contributed by atoms with Gasteiger partial charge >= 0.3 is 0 Å². The number of halogens is 1. The highest BCUT2D eigenvalue weighted by molar-refractivity contribution is 7.16. The molecule has 2 aromatic carbocycles. The van der Waals surface area contributed by atoms with Crippen molar-refractivity contribution >= 4 is 39.1 Å². The molecule has 1 aromatic heterocycles. The minimum absolute atomic E-state index is 0.350. The Kier molecular flexibility index (Phi) is 5.72. The predicted molar refractivity (Wildman–Crippen MR) is 106 cm³/mol. The van der Waals surface area contributed by atoms with Crippen molar-refractivity contribution in [2.75, 3.05) is 21.3 Å². The maximum atomic E-state index is 12.8. The molecule has 0 saturated heterocycles. The second-order valence-electron chi connectivity index (χ2n) is 5.57. The molecule has 0 radical (unpaired) electrons. The zero-order valence-corrected chi connectivity index (χ0v) is 17.0. The van der Waals surface area contributed by atoms with Crippen LogP contribution in [0.3, 0.4) is 0 Å². The molecule has 3 aromatic rings. The second-order valence-corrected chi connectivity index (χ2v) is 7.02. The van der Waals surface area contributed by atoms with Crippen molar-refractivity contribution in [1.82, 2.24) is 4.57 Å². The lowest BCUT2D eigenvalue weighted by atomic mass is 10.1. The number of hydrogen-bond acceptors (Lipinski definition) is 5. The highest BCUT2D eigenvalue weighted by Crippen LogP contribution is 2.38. The number of methoxy groups -OCH3 is 3. The summed E-state index contributed by atoms with van der Waals surface area (Å²) in [6.07, 6.45) is 0. The number of aryl methyl sites for hydroxylation is 1. The number of aromatic nitrogens is 1. The van der Waals surface area contributed by atoms with Crippen LogP contribution in [0.25, 0.3) is 10.2 Å². The quantitative estimate of drug-likeness (QED) is 0.638. The standard InChI is InChI=1S/C19H19ClN2O4S/c1-5-22-13-7-6-12(20)10-16(13)27-19(22)21-18(23)11-8-14(24-2)17(26-4)15(9-11)25-3/h6-10H,5H2,1-4H3. The third-order valence-electron chi connectivity index (χ3n) is 4.07. The van der Waals surface area contributed by atoms with E-state index in [1.807, 2.05) is 29.7 Å². The van der Waals surface area contributed by atoms with Crippen LogP contribution in [-0.4, -0.2) is 31.8 Å². The Bertz CT molecular complexity index is 1050. The number of rotatable bonds is 5. The van der Waals surface area contributed by atoms with Gasteiger partial charge in [0.15, 0.2) is 16.3 Å². The molecule has 0 bridgehead atoms. The molecule has 1 heterocycles. The van der Waals surface area contributed by atoms with Crippen molar-refractivity contribution in [2.24, 2.45) is 4.99 Å². The summed E-state index contributed by atoms with van der Waals surface area (Å²) < 4.78 is 18.9. The lowest BCUT2D eigenvalue weighted by Gasteiger charge is -2.12. The number of carbonyl (C=O) groups excluding carboxylic acids is 1. The molecule has 142 valence electrons. The van der Waals surface area contributed by atoms with E-state index in [0.29, 0.717) is 39.2 Å². The molecule has 3 rings (SSSR count). The smallest absolute Gasteiger partial charge is 0.279 e. The first kappa shape index (κ1) is 19.3. The van der Waals surface area contributed by atoms with Crippen LogP contribution in [0.2, 0.25) is 5.02 Å². The van der Waals surface area contributed by atoms with E-state index in [1.54, 1.807) is 12.1 Å². The third kappa shape index (κ3) is 3.65. The van der Waals surface area contributed by atoms with Gasteiger partial charge in [-0.3, -0.25) is 4.79 Å². The molecule has 0 aliphatic rings. The van der Waals surface area contributed by atoms with Gasteiger partial charge in [0.2, 0.25) is 5.75 Å². The Labute approximate surface area is 165 Å². The Balaban J connectivity index is 2.13. The number of ether oxygens (including phenoxy) is 3. The van der Waals surface area contributed by atoms with Crippen LogP contribution in [0, 0.1) is 0 Å². The summed E-state index contributed by atoms with van der Waals surface area (Å²) >= 11 is 7.50. The van der Waals surface area contributed by atoms with Crippen LogP contribution in [0.1, 0.15) is 17.3 Å². The number of amides is 1. The predicted octanol–water partition coefficient (Wildman–Crippen LogP) is 4.14. The van der Waals surface area contributed by atoms with Crippen LogP contribution >= 0.6 is 22.9 Å². The van der Waals surface area contributed by atoms with Gasteiger partial charge in [-0.25, -0.2) is 0 Å². The van der Waals surface area contributed by atoms with E-state index in [2.05, 4.69) is 4.99 Å². The van der Waals surface area contributed by atoms with Crippen molar-refractivity contribution in [3.63, 3.8) is 0 Å². The van der Waals surface area contributed by atoms with Crippen LogP contribution < -0.4 is 19.0 Å². The van der Waals surface area contributed by atoms with Crippen LogP contribution in [0.4, 0.5) is 0 Å². The summed E-state index contributed by atoms with van der Waals surface area (Å²) in [7, 11) is 4.52. The maximum absolute atomic E-state index is 12.8. The molecule has 0 unspecified atom stereocenters. The lowest BCUT2D eigenvalue weighted by Crippen LogP contribution is -2.16. The van der Waals surface area contributed by atoms with Gasteiger partial charge in [-0.15, -0.1) is 0 Å². The first-order chi connectivity index (χ1) is 13.0. The molecule has 0 fully saturated rings. The fraction of sp³-hybridized carbons (Fsp3) is 0.263. The van der Waals surface area contributed by atoms with Gasteiger partial charge in [0, 0.05) is 17.1 Å². The SMILES string of the molecule is CCn1c(=NC(=O)c2cc(OC)c(OC)c(OC)c2)sc2cc(Cl)ccc21. The van der Waals surface area contributed by atoms with Crippen LogP contribution in [0.15, 0.2) is 35.3 Å². The molecule has 1 amide bonds. The molecule has 6 nitrogen and oxygen atoms in total. The van der Waals surface area contributed by atoms with Gasteiger partial charge in [0.25, 0.3) is 5.91 Å². The highest BCUT2D eigenvalue weighted by Gasteiger charge is 2.17. The normalized spacial score (nSPS) is 11.7. The summed E-state index contributed by atoms with van der Waals surface area (Å²) in [5, 5.41) is 0.648. The van der Waals surface area contributed by atoms with Gasteiger partial charge < -0.3 is 18.8 Å². The number of benzene rings is 2. The Morgan fingerprint density at radius 2 is 1.78 bits per heavy atom. The molecule has 0 atom stereocenters. The van der Waals surface area contributed by atoms with Crippen LogP contribution in [-0.2, 0) is 6.54 Å². The van der Waals surface area contributed by atoms with E-state index in [4.69, 9.17) is 25.8 Å². The van der Waals surface area contributed by atoms with Gasteiger partial charge in [0.05, 0.1) is 31.5 Å². The average molecular weight is 407 g/mol. The summed E-state index contributed by atoms with van der Waals surface area (Å²) in [5.41, 5.74) is 1.34. The molecule has 0 spiro atoms. The molecule has 0 aliphatic carbocycles. The average Bonchev–Trinajstić information content (AvgIpc) is 3.02. The Morgan fingerprint density at radius 3 is 2.33 bits per heavy atom. The number of fused-ring (bicyclic) bond motifs is 1. The first-order valence-corrected chi connectivity index (χ1v) is 9.39. The number of carbonyl (C=O) groups is 1. The Hall–Kier alpha value is -2.51. The maximum Gasteiger partial charge on any atom is 0.279 e. The molecular weight excluding hydrogens is 388 g/mol. The summed E-state index contributed by atoms with van der Waals surface area (Å²) in [4.78, 5) is 17.7. The second kappa shape index (κ2) is 8.02.